The van der Waals surface area contributed by atoms with Crippen LogP contribution < -0.4 is 4.90 Å². The van der Waals surface area contributed by atoms with Crippen LogP contribution >= 0.6 is 35.0 Å². The Balaban J connectivity index is 1.46. The topological polar surface area (TPSA) is 26.7 Å². The van der Waals surface area contributed by atoms with Gasteiger partial charge < -0.3 is 10.0 Å². The Morgan fingerprint density at radius 2 is 1.65 bits per heavy atom. The van der Waals surface area contributed by atoms with Crippen molar-refractivity contribution >= 4 is 40.7 Å². The van der Waals surface area contributed by atoms with Gasteiger partial charge in [-0.3, -0.25) is 4.90 Å². The fourth-order valence-corrected chi connectivity index (χ4v) is 4.63. The van der Waals surface area contributed by atoms with Crippen molar-refractivity contribution in [1.82, 2.24) is 4.90 Å². The molecule has 1 heterocycles. The molecule has 1 N–H and O–H groups in total. The van der Waals surface area contributed by atoms with E-state index in [4.69, 9.17) is 23.2 Å². The minimum Gasteiger partial charge on any atom is -0.391 e. The molecule has 0 spiro atoms. The van der Waals surface area contributed by atoms with Crippen LogP contribution in [0, 0.1) is 5.82 Å². The Morgan fingerprint density at radius 3 is 2.31 bits per heavy atom. The fourth-order valence-electron chi connectivity index (χ4n) is 3.03. The molecule has 26 heavy (non-hydrogen) atoms. The number of thioether (sulfide) groups is 1. The summed E-state index contributed by atoms with van der Waals surface area (Å²) in [6.45, 7) is 3.67. The fraction of sp³-hybridized carbons (Fsp3) is 0.368. The normalized spacial score (nSPS) is 16.7. The van der Waals surface area contributed by atoms with Crippen molar-refractivity contribution in [2.75, 3.05) is 43.4 Å². The minimum absolute atomic E-state index is 0.186. The van der Waals surface area contributed by atoms with E-state index in [0.717, 1.165) is 31.1 Å². The van der Waals surface area contributed by atoms with Crippen molar-refractivity contribution in [1.29, 1.82) is 0 Å². The maximum Gasteiger partial charge on any atom is 0.146 e. The lowest BCUT2D eigenvalue weighted by molar-refractivity contribution is 0.126. The molecule has 3 nitrogen and oxygen atoms in total. The Bertz CT molecular complexity index is 721. The van der Waals surface area contributed by atoms with Crippen LogP contribution in [0.5, 0.6) is 0 Å². The summed E-state index contributed by atoms with van der Waals surface area (Å²) >= 11 is 13.8. The molecule has 1 aliphatic rings. The number of β-amino-alcohol motifs (C(OH)–C–C–N with tert-alkyl or cyclic N) is 1. The van der Waals surface area contributed by atoms with Crippen LogP contribution in [0.15, 0.2) is 47.4 Å². The van der Waals surface area contributed by atoms with Gasteiger partial charge in [0.15, 0.2) is 0 Å². The molecule has 1 saturated heterocycles. The SMILES string of the molecule is O[C@H](CSc1c(Cl)cccc1Cl)CN1CCN(c2ccccc2F)CC1. The summed E-state index contributed by atoms with van der Waals surface area (Å²) in [5.74, 6) is 0.339. The van der Waals surface area contributed by atoms with Crippen LogP contribution in [-0.4, -0.2) is 54.6 Å². The number of hydrogen-bond donors (Lipinski definition) is 1. The summed E-state index contributed by atoms with van der Waals surface area (Å²) in [4.78, 5) is 5.06. The molecule has 0 aliphatic carbocycles. The van der Waals surface area contributed by atoms with E-state index in [1.165, 1.54) is 17.8 Å². The van der Waals surface area contributed by atoms with E-state index in [1.54, 1.807) is 24.3 Å². The van der Waals surface area contributed by atoms with Crippen molar-refractivity contribution < 1.29 is 9.50 Å². The average molecular weight is 415 g/mol. The molecule has 2 aromatic rings. The predicted molar refractivity (Wildman–Crippen MR) is 108 cm³/mol. The van der Waals surface area contributed by atoms with Gasteiger partial charge in [-0.2, -0.15) is 0 Å². The Labute approximate surface area is 167 Å². The number of benzene rings is 2. The van der Waals surface area contributed by atoms with Crippen molar-refractivity contribution in [3.63, 3.8) is 0 Å². The molecule has 2 aromatic carbocycles. The van der Waals surface area contributed by atoms with Gasteiger partial charge in [0.25, 0.3) is 0 Å². The van der Waals surface area contributed by atoms with E-state index in [0.29, 0.717) is 28.0 Å². The van der Waals surface area contributed by atoms with Gasteiger partial charge in [-0.15, -0.1) is 11.8 Å². The Kier molecular flexibility index (Phi) is 7.06. The summed E-state index contributed by atoms with van der Waals surface area (Å²) < 4.78 is 13.9. The summed E-state index contributed by atoms with van der Waals surface area (Å²) in [6.07, 6.45) is -0.479. The number of aliphatic hydroxyl groups is 1. The van der Waals surface area contributed by atoms with E-state index in [9.17, 15) is 9.50 Å². The van der Waals surface area contributed by atoms with Gasteiger partial charge in [0.05, 0.1) is 21.8 Å². The van der Waals surface area contributed by atoms with Crippen LogP contribution in [0.2, 0.25) is 10.0 Å². The third kappa shape index (κ3) is 5.05. The van der Waals surface area contributed by atoms with Gasteiger partial charge in [0, 0.05) is 43.4 Å². The molecule has 7 heteroatoms. The van der Waals surface area contributed by atoms with Crippen LogP contribution in [0.4, 0.5) is 10.1 Å². The highest BCUT2D eigenvalue weighted by atomic mass is 35.5. The van der Waals surface area contributed by atoms with E-state index >= 15 is 0 Å². The Hall–Kier alpha value is -0.980. The number of nitrogens with zero attached hydrogens (tertiary/aromatic N) is 2. The van der Waals surface area contributed by atoms with Crippen LogP contribution in [-0.2, 0) is 0 Å². The number of rotatable bonds is 6. The second-order valence-electron chi connectivity index (χ2n) is 6.25. The zero-order valence-corrected chi connectivity index (χ0v) is 16.6. The molecule has 0 bridgehead atoms. The van der Waals surface area contributed by atoms with Crippen molar-refractivity contribution in [3.8, 4) is 0 Å². The van der Waals surface area contributed by atoms with Gasteiger partial charge in [-0.05, 0) is 24.3 Å². The number of halogens is 3. The van der Waals surface area contributed by atoms with E-state index < -0.39 is 6.10 Å². The number of anilines is 1. The quantitative estimate of drug-likeness (QED) is 0.708. The summed E-state index contributed by atoms with van der Waals surface area (Å²) in [5, 5.41) is 11.6. The van der Waals surface area contributed by atoms with Crippen molar-refractivity contribution in [3.05, 3.63) is 58.3 Å². The lowest BCUT2D eigenvalue weighted by atomic mass is 10.2. The second-order valence-corrected chi connectivity index (χ2v) is 8.10. The molecule has 3 rings (SSSR count). The number of aliphatic hydroxyl groups excluding tert-OH is 1. The standard InChI is InChI=1S/C19H21Cl2FN2OS/c20-15-4-3-5-16(21)19(15)26-13-14(25)12-23-8-10-24(11-9-23)18-7-2-1-6-17(18)22/h1-7,14,25H,8-13H2/t14-/m0/s1. The summed E-state index contributed by atoms with van der Waals surface area (Å²) in [6, 6.07) is 12.3. The molecule has 0 radical (unpaired) electrons. The van der Waals surface area contributed by atoms with Crippen LogP contribution in [0.3, 0.4) is 0 Å². The first-order chi connectivity index (χ1) is 12.5. The smallest absolute Gasteiger partial charge is 0.146 e. The average Bonchev–Trinajstić information content (AvgIpc) is 2.62. The van der Waals surface area contributed by atoms with E-state index in [1.807, 2.05) is 12.1 Å². The molecule has 0 amide bonds. The largest absolute Gasteiger partial charge is 0.391 e. The first kappa shape index (κ1) is 19.8. The molecular formula is C19H21Cl2FN2OS. The van der Waals surface area contributed by atoms with Gasteiger partial charge in [-0.25, -0.2) is 4.39 Å². The van der Waals surface area contributed by atoms with Gasteiger partial charge in [0.2, 0.25) is 0 Å². The summed E-state index contributed by atoms with van der Waals surface area (Å²) in [5.41, 5.74) is 0.650. The van der Waals surface area contributed by atoms with E-state index in [2.05, 4.69) is 9.80 Å². The molecule has 1 aliphatic heterocycles. The highest BCUT2D eigenvalue weighted by molar-refractivity contribution is 7.99. The zero-order valence-electron chi connectivity index (χ0n) is 14.2. The van der Waals surface area contributed by atoms with Gasteiger partial charge >= 0.3 is 0 Å². The highest BCUT2D eigenvalue weighted by Crippen LogP contribution is 2.34. The second kappa shape index (κ2) is 9.29. The molecule has 1 fully saturated rings. The van der Waals surface area contributed by atoms with Crippen molar-refractivity contribution in [2.24, 2.45) is 0 Å². The lowest BCUT2D eigenvalue weighted by Gasteiger charge is -2.37. The number of hydrogen-bond acceptors (Lipinski definition) is 4. The van der Waals surface area contributed by atoms with E-state index in [-0.39, 0.29) is 5.82 Å². The first-order valence-electron chi connectivity index (χ1n) is 8.51. The van der Waals surface area contributed by atoms with Gasteiger partial charge in [0.1, 0.15) is 5.82 Å². The predicted octanol–water partition coefficient (Wildman–Crippen LogP) is 4.41. The number of piperazine rings is 1. The third-order valence-electron chi connectivity index (χ3n) is 4.37. The van der Waals surface area contributed by atoms with Gasteiger partial charge in [-0.1, -0.05) is 41.4 Å². The maximum absolute atomic E-state index is 13.9. The highest BCUT2D eigenvalue weighted by Gasteiger charge is 2.21. The molecule has 1 atom stereocenters. The molecule has 0 aromatic heterocycles. The molecular weight excluding hydrogens is 394 g/mol. The summed E-state index contributed by atoms with van der Waals surface area (Å²) in [7, 11) is 0. The molecule has 0 saturated carbocycles. The maximum atomic E-state index is 13.9. The molecule has 0 unspecified atom stereocenters. The van der Waals surface area contributed by atoms with Crippen LogP contribution in [0.25, 0.3) is 0 Å². The third-order valence-corrected chi connectivity index (χ3v) is 6.51. The monoisotopic (exact) mass is 414 g/mol. The van der Waals surface area contributed by atoms with Crippen molar-refractivity contribution in [2.45, 2.75) is 11.0 Å². The lowest BCUT2D eigenvalue weighted by Crippen LogP contribution is -2.49. The first-order valence-corrected chi connectivity index (χ1v) is 10.3. The Morgan fingerprint density at radius 1 is 1.00 bits per heavy atom. The number of para-hydroxylation sites is 1. The zero-order chi connectivity index (χ0) is 18.5. The van der Waals surface area contributed by atoms with Crippen LogP contribution in [0.1, 0.15) is 0 Å². The minimum atomic E-state index is -0.479. The molecule has 140 valence electrons.